The van der Waals surface area contributed by atoms with Crippen LogP contribution in [0.15, 0.2) is 68.1 Å². The van der Waals surface area contributed by atoms with Crippen LogP contribution in [0.25, 0.3) is 0 Å². The first-order valence-corrected chi connectivity index (χ1v) is 22.5. The van der Waals surface area contributed by atoms with E-state index in [0.29, 0.717) is 12.2 Å². The van der Waals surface area contributed by atoms with E-state index >= 15 is 0 Å². The number of hydrogen-bond donors (Lipinski definition) is 0. The molecule has 2 aromatic carbocycles. The second kappa shape index (κ2) is 15.1. The molecule has 2 atom stereocenters. The molecule has 0 saturated heterocycles. The van der Waals surface area contributed by atoms with Gasteiger partial charge >= 0.3 is 0 Å². The Labute approximate surface area is 241 Å². The molecule has 0 aliphatic carbocycles. The fourth-order valence-corrected chi connectivity index (χ4v) is 10.3. The summed E-state index contributed by atoms with van der Waals surface area (Å²) in [4.78, 5) is 5.19. The molecule has 0 aromatic heterocycles. The van der Waals surface area contributed by atoms with E-state index in [2.05, 4.69) is 116 Å². The topological polar surface area (TPSA) is 18.5 Å². The predicted octanol–water partition coefficient (Wildman–Crippen LogP) is 9.50. The second-order valence-electron chi connectivity index (χ2n) is 11.8. The van der Waals surface area contributed by atoms with Gasteiger partial charge in [-0.3, -0.25) is 0 Å². The number of rotatable bonds is 13. The molecular formula is C28H46O2S4Si2. The number of hydrogen-bond acceptors (Lipinski definition) is 6. The van der Waals surface area contributed by atoms with Gasteiger partial charge in [0.1, 0.15) is 0 Å². The van der Waals surface area contributed by atoms with Crippen molar-refractivity contribution in [3.63, 3.8) is 0 Å². The quantitative estimate of drug-likeness (QED) is 0.129. The lowest BCUT2D eigenvalue weighted by atomic mass is 9.90. The summed E-state index contributed by atoms with van der Waals surface area (Å²) in [5.41, 5.74) is 0.338. The van der Waals surface area contributed by atoms with Crippen LogP contribution in [0.4, 0.5) is 0 Å². The maximum absolute atomic E-state index is 6.32. The lowest BCUT2D eigenvalue weighted by Crippen LogP contribution is -2.35. The van der Waals surface area contributed by atoms with Crippen LogP contribution in [0.5, 0.6) is 0 Å². The zero-order valence-corrected chi connectivity index (χ0v) is 29.4. The molecule has 0 saturated carbocycles. The fraction of sp³-hybridized carbons (Fsp3) is 0.571. The molecule has 0 bridgehead atoms. The van der Waals surface area contributed by atoms with Gasteiger partial charge in [-0.25, -0.2) is 0 Å². The minimum absolute atomic E-state index is 0.169. The standard InChI is InChI=1S/C28H46O2S4Si2/c1-27(2,3)25(29-35(7)8)19-31-21-11-15-23(16-12-21)33-34-24-17-13-22(14-18-24)32-20-26(28(4,5)6)30-36(9)10/h11-18,25-26,35-36H,19-20H2,1-10H3. The van der Waals surface area contributed by atoms with Crippen molar-refractivity contribution in [3.8, 4) is 0 Å². The largest absolute Gasteiger partial charge is 0.416 e. The highest BCUT2D eigenvalue weighted by Gasteiger charge is 2.27. The molecule has 0 radical (unpaired) electrons. The third-order valence-corrected chi connectivity index (χ3v) is 11.8. The Morgan fingerprint density at radius 1 is 0.556 bits per heavy atom. The van der Waals surface area contributed by atoms with Gasteiger partial charge in [0.2, 0.25) is 0 Å². The van der Waals surface area contributed by atoms with Gasteiger partial charge in [-0.15, -0.1) is 23.5 Å². The maximum atomic E-state index is 6.32. The molecule has 2 rings (SSSR count). The van der Waals surface area contributed by atoms with E-state index in [1.165, 1.54) is 19.6 Å². The van der Waals surface area contributed by atoms with Crippen molar-refractivity contribution in [2.24, 2.45) is 10.8 Å². The minimum Gasteiger partial charge on any atom is -0.416 e. The molecule has 8 heteroatoms. The van der Waals surface area contributed by atoms with E-state index < -0.39 is 18.1 Å². The first kappa shape index (κ1) is 32.4. The average Bonchev–Trinajstić information content (AvgIpc) is 2.77. The highest BCUT2D eigenvalue weighted by molar-refractivity contribution is 8.76. The molecule has 0 spiro atoms. The van der Waals surface area contributed by atoms with Gasteiger partial charge in [-0.2, -0.15) is 0 Å². The van der Waals surface area contributed by atoms with Gasteiger partial charge in [0.15, 0.2) is 18.1 Å². The smallest absolute Gasteiger partial charge is 0.171 e. The van der Waals surface area contributed by atoms with Crippen molar-refractivity contribution in [2.75, 3.05) is 11.5 Å². The lowest BCUT2D eigenvalue weighted by molar-refractivity contribution is 0.108. The molecule has 0 aliphatic heterocycles. The summed E-state index contributed by atoms with van der Waals surface area (Å²) >= 11 is 3.81. The van der Waals surface area contributed by atoms with E-state index in [4.69, 9.17) is 8.85 Å². The number of benzene rings is 2. The van der Waals surface area contributed by atoms with Crippen molar-refractivity contribution in [1.29, 1.82) is 0 Å². The van der Waals surface area contributed by atoms with E-state index in [9.17, 15) is 0 Å². The first-order chi connectivity index (χ1) is 16.7. The van der Waals surface area contributed by atoms with Crippen LogP contribution >= 0.6 is 45.1 Å². The van der Waals surface area contributed by atoms with Crippen LogP contribution in [0.2, 0.25) is 26.2 Å². The highest BCUT2D eigenvalue weighted by atomic mass is 33.1. The molecule has 2 unspecified atom stereocenters. The molecule has 2 aromatic rings. The predicted molar refractivity (Wildman–Crippen MR) is 172 cm³/mol. The van der Waals surface area contributed by atoms with E-state index in [1.54, 1.807) is 0 Å². The second-order valence-corrected chi connectivity index (χ2v) is 21.0. The van der Waals surface area contributed by atoms with E-state index in [1.807, 2.05) is 45.1 Å². The van der Waals surface area contributed by atoms with Crippen LogP contribution in [0.1, 0.15) is 41.5 Å². The van der Waals surface area contributed by atoms with Crippen LogP contribution in [-0.2, 0) is 8.85 Å². The van der Waals surface area contributed by atoms with Gasteiger partial charge < -0.3 is 8.85 Å². The molecule has 0 amide bonds. The van der Waals surface area contributed by atoms with Gasteiger partial charge in [-0.1, -0.05) is 63.1 Å². The summed E-state index contributed by atoms with van der Waals surface area (Å²) in [6, 6.07) is 17.9. The highest BCUT2D eigenvalue weighted by Crippen LogP contribution is 2.39. The Morgan fingerprint density at radius 2 is 0.833 bits per heavy atom. The molecule has 202 valence electrons. The SMILES string of the molecule is C[SiH](C)OC(CSc1ccc(SSc2ccc(SCC(O[SiH](C)C)C(C)(C)C)cc2)cc1)C(C)(C)C. The number of thioether (sulfide) groups is 2. The van der Waals surface area contributed by atoms with Gasteiger partial charge in [0, 0.05) is 31.1 Å². The normalized spacial score (nSPS) is 14.4. The fourth-order valence-electron chi connectivity index (χ4n) is 3.27. The first-order valence-electron chi connectivity index (χ1n) is 12.8. The molecule has 0 heterocycles. The zero-order valence-electron chi connectivity index (χ0n) is 23.8. The Morgan fingerprint density at radius 3 is 1.08 bits per heavy atom. The summed E-state index contributed by atoms with van der Waals surface area (Å²) in [6.45, 7) is 22.7. The third kappa shape index (κ3) is 12.4. The van der Waals surface area contributed by atoms with Crippen molar-refractivity contribution < 1.29 is 8.85 Å². The van der Waals surface area contributed by atoms with Crippen molar-refractivity contribution in [2.45, 2.75) is 99.5 Å². The minimum atomic E-state index is -1.05. The molecule has 0 aliphatic rings. The van der Waals surface area contributed by atoms with Gasteiger partial charge in [0.25, 0.3) is 0 Å². The van der Waals surface area contributed by atoms with Crippen molar-refractivity contribution in [1.82, 2.24) is 0 Å². The Balaban J connectivity index is 1.84. The average molecular weight is 599 g/mol. The lowest BCUT2D eigenvalue weighted by Gasteiger charge is -2.32. The summed E-state index contributed by atoms with van der Waals surface area (Å²) in [6.07, 6.45) is 0.590. The maximum Gasteiger partial charge on any atom is 0.171 e. The molecule has 2 nitrogen and oxygen atoms in total. The third-order valence-electron chi connectivity index (χ3n) is 5.49. The van der Waals surface area contributed by atoms with Crippen LogP contribution in [0.3, 0.4) is 0 Å². The Kier molecular flexibility index (Phi) is 13.6. The monoisotopic (exact) mass is 598 g/mol. The molecule has 36 heavy (non-hydrogen) atoms. The zero-order chi connectivity index (χ0) is 26.9. The Bertz CT molecular complexity index is 816. The molecular weight excluding hydrogens is 553 g/mol. The summed E-state index contributed by atoms with van der Waals surface area (Å²) < 4.78 is 12.6. The molecule has 0 N–H and O–H groups in total. The summed E-state index contributed by atoms with van der Waals surface area (Å²) in [7, 11) is 1.54. The van der Waals surface area contributed by atoms with Crippen molar-refractivity contribution in [3.05, 3.63) is 48.5 Å². The summed E-state index contributed by atoms with van der Waals surface area (Å²) in [5.74, 6) is 2.00. The van der Waals surface area contributed by atoms with Gasteiger partial charge in [-0.05, 0) is 85.5 Å². The van der Waals surface area contributed by atoms with Crippen LogP contribution in [0, 0.1) is 10.8 Å². The van der Waals surface area contributed by atoms with Crippen LogP contribution in [-0.4, -0.2) is 41.8 Å². The van der Waals surface area contributed by atoms with Crippen molar-refractivity contribution >= 4 is 63.2 Å². The molecule has 0 fully saturated rings. The Hall–Kier alpha value is 0.194. The van der Waals surface area contributed by atoms with E-state index in [-0.39, 0.29) is 10.8 Å². The van der Waals surface area contributed by atoms with Gasteiger partial charge in [0.05, 0.1) is 12.2 Å². The summed E-state index contributed by atoms with van der Waals surface area (Å²) in [5, 5.41) is 0. The van der Waals surface area contributed by atoms with E-state index in [0.717, 1.165) is 11.5 Å². The van der Waals surface area contributed by atoms with Crippen LogP contribution < -0.4 is 0 Å².